The third kappa shape index (κ3) is 1.96. The van der Waals surface area contributed by atoms with Gasteiger partial charge in [0, 0.05) is 6.07 Å². The fraction of sp³-hybridized carbons (Fsp3) is 0.300. The zero-order valence-corrected chi connectivity index (χ0v) is 8.73. The SMILES string of the molecule is COc1c([N+](=O)[O-])ccc(C)c1C(C)=O. The number of ketones is 1. The van der Waals surface area contributed by atoms with Crippen LogP contribution in [0.15, 0.2) is 12.1 Å². The van der Waals surface area contributed by atoms with E-state index in [4.69, 9.17) is 4.74 Å². The molecule has 80 valence electrons. The molecule has 0 aliphatic heterocycles. The van der Waals surface area contributed by atoms with Crippen LogP contribution in [0.25, 0.3) is 0 Å². The Labute approximate surface area is 86.8 Å². The van der Waals surface area contributed by atoms with E-state index < -0.39 is 4.92 Å². The van der Waals surface area contributed by atoms with Gasteiger partial charge >= 0.3 is 5.69 Å². The lowest BCUT2D eigenvalue weighted by Gasteiger charge is -2.08. The summed E-state index contributed by atoms with van der Waals surface area (Å²) in [7, 11) is 1.31. The molecule has 0 N–H and O–H groups in total. The number of ether oxygens (including phenoxy) is 1. The van der Waals surface area contributed by atoms with Gasteiger partial charge < -0.3 is 4.74 Å². The zero-order valence-electron chi connectivity index (χ0n) is 8.73. The highest BCUT2D eigenvalue weighted by atomic mass is 16.6. The van der Waals surface area contributed by atoms with Crippen molar-refractivity contribution in [3.05, 3.63) is 33.4 Å². The predicted octanol–water partition coefficient (Wildman–Crippen LogP) is 2.11. The molecule has 0 radical (unpaired) electrons. The van der Waals surface area contributed by atoms with Crippen LogP contribution in [0, 0.1) is 17.0 Å². The van der Waals surface area contributed by atoms with E-state index in [0.717, 1.165) is 0 Å². The second kappa shape index (κ2) is 4.08. The number of methoxy groups -OCH3 is 1. The standard InChI is InChI=1S/C10H11NO4/c1-6-4-5-8(11(13)14)10(15-3)9(6)7(2)12/h4-5H,1-3H3. The molecule has 5 nitrogen and oxygen atoms in total. The Balaban J connectivity index is 3.54. The summed E-state index contributed by atoms with van der Waals surface area (Å²) in [6.07, 6.45) is 0. The molecular weight excluding hydrogens is 198 g/mol. The van der Waals surface area contributed by atoms with Crippen LogP contribution in [0.5, 0.6) is 5.75 Å². The molecular formula is C10H11NO4. The Morgan fingerprint density at radius 2 is 2.07 bits per heavy atom. The number of benzene rings is 1. The molecule has 0 heterocycles. The van der Waals surface area contributed by atoms with Crippen LogP contribution in [-0.2, 0) is 0 Å². The van der Waals surface area contributed by atoms with Gasteiger partial charge in [-0.1, -0.05) is 6.07 Å². The van der Waals surface area contributed by atoms with E-state index in [1.54, 1.807) is 6.92 Å². The lowest BCUT2D eigenvalue weighted by atomic mass is 10.0. The monoisotopic (exact) mass is 209 g/mol. The fourth-order valence-corrected chi connectivity index (χ4v) is 1.46. The number of aryl methyl sites for hydroxylation is 1. The molecule has 0 saturated carbocycles. The van der Waals surface area contributed by atoms with Gasteiger partial charge in [-0.05, 0) is 19.4 Å². The quantitative estimate of drug-likeness (QED) is 0.434. The predicted molar refractivity (Wildman–Crippen MR) is 54.4 cm³/mol. The van der Waals surface area contributed by atoms with Crippen molar-refractivity contribution in [3.63, 3.8) is 0 Å². The summed E-state index contributed by atoms with van der Waals surface area (Å²) < 4.78 is 4.92. The number of Topliss-reactive ketones (excluding diaryl/α,β-unsaturated/α-hetero) is 1. The number of rotatable bonds is 3. The van der Waals surface area contributed by atoms with Crippen LogP contribution in [-0.4, -0.2) is 17.8 Å². The first kappa shape index (κ1) is 11.2. The third-order valence-electron chi connectivity index (χ3n) is 2.10. The molecule has 0 spiro atoms. The Kier molecular flexibility index (Phi) is 3.04. The number of hydrogen-bond donors (Lipinski definition) is 0. The lowest BCUT2D eigenvalue weighted by Crippen LogP contribution is -2.03. The molecule has 1 aromatic carbocycles. The van der Waals surface area contributed by atoms with Crippen LogP contribution in [0.3, 0.4) is 0 Å². The molecule has 1 rings (SSSR count). The Bertz CT molecular complexity index is 426. The van der Waals surface area contributed by atoms with Gasteiger partial charge in [-0.3, -0.25) is 14.9 Å². The lowest BCUT2D eigenvalue weighted by molar-refractivity contribution is -0.385. The number of nitro benzene ring substituents is 1. The number of carbonyl (C=O) groups excluding carboxylic acids is 1. The minimum absolute atomic E-state index is 0.0347. The molecule has 15 heavy (non-hydrogen) atoms. The molecule has 0 atom stereocenters. The highest BCUT2D eigenvalue weighted by Gasteiger charge is 2.22. The van der Waals surface area contributed by atoms with E-state index in [0.29, 0.717) is 5.56 Å². The highest BCUT2D eigenvalue weighted by molar-refractivity contribution is 5.99. The molecule has 0 aliphatic rings. The summed E-state index contributed by atoms with van der Waals surface area (Å²) in [5.74, 6) is -0.208. The highest BCUT2D eigenvalue weighted by Crippen LogP contribution is 2.33. The average molecular weight is 209 g/mol. The first-order valence-electron chi connectivity index (χ1n) is 4.32. The summed E-state index contributed by atoms with van der Waals surface area (Å²) in [5.41, 5.74) is 0.755. The molecule has 5 heteroatoms. The summed E-state index contributed by atoms with van der Waals surface area (Å²) in [5, 5.41) is 10.7. The van der Waals surface area contributed by atoms with Crippen molar-refractivity contribution in [2.75, 3.05) is 7.11 Å². The number of nitro groups is 1. The van der Waals surface area contributed by atoms with Crippen molar-refractivity contribution in [1.82, 2.24) is 0 Å². The van der Waals surface area contributed by atoms with Crippen molar-refractivity contribution in [1.29, 1.82) is 0 Å². The minimum atomic E-state index is -0.565. The molecule has 0 unspecified atom stereocenters. The Hall–Kier alpha value is -1.91. The van der Waals surface area contributed by atoms with E-state index in [1.807, 2.05) is 0 Å². The van der Waals surface area contributed by atoms with Gasteiger partial charge in [-0.25, -0.2) is 0 Å². The van der Waals surface area contributed by atoms with E-state index in [2.05, 4.69) is 0 Å². The maximum Gasteiger partial charge on any atom is 0.311 e. The summed E-state index contributed by atoms with van der Waals surface area (Å²) in [6.45, 7) is 3.07. The largest absolute Gasteiger partial charge is 0.490 e. The van der Waals surface area contributed by atoms with Crippen molar-refractivity contribution >= 4 is 11.5 Å². The maximum atomic E-state index is 11.3. The van der Waals surface area contributed by atoms with Gasteiger partial charge in [0.15, 0.2) is 5.78 Å². The van der Waals surface area contributed by atoms with Gasteiger partial charge in [0.1, 0.15) is 0 Å². The number of carbonyl (C=O) groups is 1. The molecule has 1 aromatic rings. The first-order valence-corrected chi connectivity index (χ1v) is 4.32. The van der Waals surface area contributed by atoms with Crippen LogP contribution >= 0.6 is 0 Å². The molecule has 0 fully saturated rings. The maximum absolute atomic E-state index is 11.3. The molecule has 0 aliphatic carbocycles. The summed E-state index contributed by atoms with van der Waals surface area (Å²) in [6, 6.07) is 2.87. The van der Waals surface area contributed by atoms with Crippen molar-refractivity contribution in [3.8, 4) is 5.75 Å². The van der Waals surface area contributed by atoms with Crippen LogP contribution < -0.4 is 4.74 Å². The van der Waals surface area contributed by atoms with Gasteiger partial charge in [0.25, 0.3) is 0 Å². The van der Waals surface area contributed by atoms with Crippen molar-refractivity contribution < 1.29 is 14.5 Å². The smallest absolute Gasteiger partial charge is 0.311 e. The fourth-order valence-electron chi connectivity index (χ4n) is 1.46. The van der Waals surface area contributed by atoms with Crippen molar-refractivity contribution in [2.24, 2.45) is 0 Å². The van der Waals surface area contributed by atoms with Gasteiger partial charge in [0.2, 0.25) is 5.75 Å². The van der Waals surface area contributed by atoms with Crippen molar-refractivity contribution in [2.45, 2.75) is 13.8 Å². The van der Waals surface area contributed by atoms with E-state index in [-0.39, 0.29) is 22.8 Å². The normalized spacial score (nSPS) is 9.80. The number of hydrogen-bond acceptors (Lipinski definition) is 4. The van der Waals surface area contributed by atoms with E-state index >= 15 is 0 Å². The van der Waals surface area contributed by atoms with Crippen LogP contribution in [0.4, 0.5) is 5.69 Å². The second-order valence-electron chi connectivity index (χ2n) is 3.12. The zero-order chi connectivity index (χ0) is 11.6. The van der Waals surface area contributed by atoms with E-state index in [9.17, 15) is 14.9 Å². The average Bonchev–Trinajstić information content (AvgIpc) is 2.15. The first-order chi connectivity index (χ1) is 6.99. The van der Waals surface area contributed by atoms with Crippen LogP contribution in [0.2, 0.25) is 0 Å². The second-order valence-corrected chi connectivity index (χ2v) is 3.12. The van der Waals surface area contributed by atoms with Gasteiger partial charge in [0.05, 0.1) is 17.6 Å². The topological polar surface area (TPSA) is 69.4 Å². The Morgan fingerprint density at radius 1 is 1.47 bits per heavy atom. The summed E-state index contributed by atoms with van der Waals surface area (Å²) >= 11 is 0. The molecule has 0 saturated heterocycles. The molecule has 0 bridgehead atoms. The van der Waals surface area contributed by atoms with Gasteiger partial charge in [-0.15, -0.1) is 0 Å². The van der Waals surface area contributed by atoms with E-state index in [1.165, 1.54) is 26.2 Å². The number of nitrogens with zero attached hydrogens (tertiary/aromatic N) is 1. The molecule has 0 aromatic heterocycles. The molecule has 0 amide bonds. The van der Waals surface area contributed by atoms with Crippen LogP contribution in [0.1, 0.15) is 22.8 Å². The summed E-state index contributed by atoms with van der Waals surface area (Å²) in [4.78, 5) is 21.4. The van der Waals surface area contributed by atoms with Gasteiger partial charge in [-0.2, -0.15) is 0 Å². The third-order valence-corrected chi connectivity index (χ3v) is 2.10. The Morgan fingerprint density at radius 3 is 2.47 bits per heavy atom. The minimum Gasteiger partial charge on any atom is -0.490 e.